The summed E-state index contributed by atoms with van der Waals surface area (Å²) in [6.07, 6.45) is 3.05. The van der Waals surface area contributed by atoms with E-state index in [-0.39, 0.29) is 24.7 Å². The maximum Gasteiger partial charge on any atom is 0.221 e. The minimum Gasteiger partial charge on any atom is -0.484 e. The molecule has 160 valence electrons. The van der Waals surface area contributed by atoms with Crippen molar-refractivity contribution in [3.8, 4) is 5.75 Å². The highest BCUT2D eigenvalue weighted by molar-refractivity contribution is 5.88. The summed E-state index contributed by atoms with van der Waals surface area (Å²) in [6, 6.07) is 16.6. The molecule has 5 nitrogen and oxygen atoms in total. The van der Waals surface area contributed by atoms with Crippen molar-refractivity contribution in [1.29, 1.82) is 0 Å². The first-order valence-corrected chi connectivity index (χ1v) is 10.8. The second kappa shape index (κ2) is 9.58. The number of fused-ring (bicyclic) bond motifs is 1. The van der Waals surface area contributed by atoms with Gasteiger partial charge in [-0.2, -0.15) is 0 Å². The molecule has 0 saturated carbocycles. The third-order valence-corrected chi connectivity index (χ3v) is 6.01. The van der Waals surface area contributed by atoms with Gasteiger partial charge >= 0.3 is 0 Å². The summed E-state index contributed by atoms with van der Waals surface area (Å²) in [5, 5.41) is 6.16. The number of anilines is 1. The van der Waals surface area contributed by atoms with E-state index in [0.29, 0.717) is 12.6 Å². The average Bonchev–Trinajstić information content (AvgIpc) is 3.11. The van der Waals surface area contributed by atoms with E-state index in [1.807, 2.05) is 24.3 Å². The summed E-state index contributed by atoms with van der Waals surface area (Å²) >= 11 is 0. The number of halogens is 1. The number of piperidine rings is 1. The number of carbonyl (C=O) groups excluding carboxylic acids is 1. The van der Waals surface area contributed by atoms with E-state index in [1.165, 1.54) is 18.1 Å². The quantitative estimate of drug-likeness (QED) is 0.729. The molecule has 2 aromatic rings. The Hall–Kier alpha value is -2.44. The number of carbonyl (C=O) groups is 1. The Bertz CT molecular complexity index is 875. The topological polar surface area (TPSA) is 53.6 Å². The molecular weight excluding hydrogens is 381 g/mol. The lowest BCUT2D eigenvalue weighted by Crippen LogP contribution is -2.51. The Labute approximate surface area is 177 Å². The van der Waals surface area contributed by atoms with E-state index in [1.54, 1.807) is 0 Å². The smallest absolute Gasteiger partial charge is 0.221 e. The highest BCUT2D eigenvalue weighted by Gasteiger charge is 2.39. The van der Waals surface area contributed by atoms with Crippen molar-refractivity contribution in [3.63, 3.8) is 0 Å². The average molecular weight is 412 g/mol. The lowest BCUT2D eigenvalue weighted by molar-refractivity contribution is -0.114. The number of nitrogens with one attached hydrogen (secondary N) is 2. The summed E-state index contributed by atoms with van der Waals surface area (Å²) in [4.78, 5) is 13.9. The van der Waals surface area contributed by atoms with Crippen LogP contribution in [-0.4, -0.2) is 49.2 Å². The summed E-state index contributed by atoms with van der Waals surface area (Å²) < 4.78 is 19.2. The third kappa shape index (κ3) is 4.82. The summed E-state index contributed by atoms with van der Waals surface area (Å²) in [5.74, 6) is 0.647. The van der Waals surface area contributed by atoms with Gasteiger partial charge in [-0.1, -0.05) is 30.3 Å². The molecule has 1 aliphatic carbocycles. The minimum atomic E-state index is -0.332. The monoisotopic (exact) mass is 411 g/mol. The molecule has 0 bridgehead atoms. The number of alkyl halides is 1. The number of ether oxygens (including phenoxy) is 1. The molecule has 2 aliphatic rings. The first kappa shape index (κ1) is 20.8. The predicted octanol–water partition coefficient (Wildman–Crippen LogP) is 3.71. The van der Waals surface area contributed by atoms with Crippen LogP contribution in [-0.2, 0) is 11.2 Å². The first-order valence-electron chi connectivity index (χ1n) is 10.8. The molecule has 30 heavy (non-hydrogen) atoms. The maximum absolute atomic E-state index is 12.6. The van der Waals surface area contributed by atoms with Crippen LogP contribution in [0, 0.1) is 0 Å². The number of benzene rings is 2. The van der Waals surface area contributed by atoms with Crippen LogP contribution in [0.15, 0.2) is 48.5 Å². The van der Waals surface area contributed by atoms with Gasteiger partial charge < -0.3 is 15.4 Å². The number of nitrogens with zero attached hydrogens (tertiary/aromatic N) is 1. The molecule has 1 amide bonds. The number of likely N-dealkylation sites (tertiary alicyclic amines) is 1. The van der Waals surface area contributed by atoms with Crippen molar-refractivity contribution >= 4 is 11.6 Å². The number of rotatable bonds is 7. The van der Waals surface area contributed by atoms with Gasteiger partial charge in [0.2, 0.25) is 5.91 Å². The molecule has 3 atom stereocenters. The van der Waals surface area contributed by atoms with Crippen LogP contribution in [0.2, 0.25) is 0 Å². The van der Waals surface area contributed by atoms with Crippen LogP contribution < -0.4 is 15.4 Å². The molecule has 1 aliphatic heterocycles. The molecule has 0 aromatic heterocycles. The van der Waals surface area contributed by atoms with Gasteiger partial charge in [0.15, 0.2) is 0 Å². The molecule has 0 spiro atoms. The van der Waals surface area contributed by atoms with Crippen LogP contribution in [0.3, 0.4) is 0 Å². The zero-order valence-corrected chi connectivity index (χ0v) is 17.4. The Morgan fingerprint density at radius 3 is 2.93 bits per heavy atom. The molecule has 2 N–H and O–H groups in total. The van der Waals surface area contributed by atoms with Gasteiger partial charge in [-0.25, -0.2) is 4.39 Å². The Morgan fingerprint density at radius 1 is 1.23 bits per heavy atom. The molecule has 1 unspecified atom stereocenters. The summed E-state index contributed by atoms with van der Waals surface area (Å²) in [6.45, 7) is 3.52. The van der Waals surface area contributed by atoms with Crippen molar-refractivity contribution in [2.24, 2.45) is 0 Å². The Balaban J connectivity index is 1.54. The molecule has 4 rings (SSSR count). The van der Waals surface area contributed by atoms with Crippen LogP contribution in [0.25, 0.3) is 0 Å². The number of hydrogen-bond donors (Lipinski definition) is 2. The van der Waals surface area contributed by atoms with E-state index in [2.05, 4.69) is 39.8 Å². The fraction of sp³-hybridized carbons (Fsp3) is 0.458. The van der Waals surface area contributed by atoms with Crippen LogP contribution in [0.1, 0.15) is 37.0 Å². The van der Waals surface area contributed by atoms with E-state index >= 15 is 0 Å². The van der Waals surface area contributed by atoms with Crippen molar-refractivity contribution in [1.82, 2.24) is 10.2 Å². The molecule has 6 heteroatoms. The van der Waals surface area contributed by atoms with E-state index in [4.69, 9.17) is 4.74 Å². The zero-order chi connectivity index (χ0) is 20.9. The van der Waals surface area contributed by atoms with E-state index < -0.39 is 0 Å². The highest BCUT2D eigenvalue weighted by Crippen LogP contribution is 2.39. The highest BCUT2D eigenvalue weighted by atomic mass is 19.1. The molecule has 0 radical (unpaired) electrons. The van der Waals surface area contributed by atoms with Crippen molar-refractivity contribution in [3.05, 3.63) is 59.7 Å². The second-order valence-electron chi connectivity index (χ2n) is 8.19. The first-order chi connectivity index (χ1) is 14.6. The Morgan fingerprint density at radius 2 is 2.10 bits per heavy atom. The molecular formula is C24H30FN3O2. The van der Waals surface area contributed by atoms with Gasteiger partial charge in [0.25, 0.3) is 0 Å². The van der Waals surface area contributed by atoms with Crippen LogP contribution in [0.5, 0.6) is 5.75 Å². The zero-order valence-electron chi connectivity index (χ0n) is 17.4. The van der Waals surface area contributed by atoms with Gasteiger partial charge in [0, 0.05) is 37.8 Å². The third-order valence-electron chi connectivity index (χ3n) is 6.01. The lowest BCUT2D eigenvalue weighted by Gasteiger charge is -2.39. The number of amides is 1. The number of hydrogen-bond acceptors (Lipinski definition) is 4. The van der Waals surface area contributed by atoms with Gasteiger partial charge in [-0.15, -0.1) is 0 Å². The van der Waals surface area contributed by atoms with Gasteiger partial charge in [0.1, 0.15) is 18.5 Å². The minimum absolute atomic E-state index is 0.0753. The van der Waals surface area contributed by atoms with Crippen LogP contribution >= 0.6 is 0 Å². The summed E-state index contributed by atoms with van der Waals surface area (Å²) in [5.41, 5.74) is 3.28. The van der Waals surface area contributed by atoms with Crippen molar-refractivity contribution in [2.75, 3.05) is 31.6 Å². The fourth-order valence-corrected chi connectivity index (χ4v) is 4.73. The van der Waals surface area contributed by atoms with Crippen molar-refractivity contribution < 1.29 is 13.9 Å². The van der Waals surface area contributed by atoms with Crippen LogP contribution in [0.4, 0.5) is 10.1 Å². The largest absolute Gasteiger partial charge is 0.484 e. The molecule has 1 heterocycles. The Kier molecular flexibility index (Phi) is 6.65. The predicted molar refractivity (Wildman–Crippen MR) is 117 cm³/mol. The standard InChI is InChI=1S/C24H30FN3O2/c1-17(29)27-19-7-4-9-21(15-19)30-24-22-10-3-2-6-18(22)14-23(24)28-13-5-8-20(16-28)26-12-11-25/h2-4,6-7,9-10,15,20,23-24,26H,5,8,11-14,16H2,1H3,(H,27,29)/t20?,23-,24-/m0/s1. The maximum atomic E-state index is 12.6. The lowest BCUT2D eigenvalue weighted by atomic mass is 10.0. The van der Waals surface area contributed by atoms with Crippen molar-refractivity contribution in [2.45, 2.75) is 44.4 Å². The molecule has 1 saturated heterocycles. The van der Waals surface area contributed by atoms with E-state index in [0.717, 1.165) is 43.8 Å². The molecule has 2 aromatic carbocycles. The van der Waals surface area contributed by atoms with E-state index in [9.17, 15) is 9.18 Å². The van der Waals surface area contributed by atoms with Gasteiger partial charge in [0.05, 0.1) is 6.04 Å². The normalized spacial score (nSPS) is 23.7. The SMILES string of the molecule is CC(=O)Nc1cccc(O[C@H]2c3ccccc3C[C@@H]2N2CCCC(NCCF)C2)c1. The van der Waals surface area contributed by atoms with Gasteiger partial charge in [-0.3, -0.25) is 9.69 Å². The molecule has 1 fully saturated rings. The summed E-state index contributed by atoms with van der Waals surface area (Å²) in [7, 11) is 0. The fourth-order valence-electron chi connectivity index (χ4n) is 4.73. The van der Waals surface area contributed by atoms with Gasteiger partial charge in [-0.05, 0) is 49.1 Å². The second-order valence-corrected chi connectivity index (χ2v) is 8.19.